The van der Waals surface area contributed by atoms with Crippen LogP contribution in [0.5, 0.6) is 0 Å². The monoisotopic (exact) mass is 401 g/mol. The van der Waals surface area contributed by atoms with Crippen LogP contribution in [0.25, 0.3) is 10.1 Å². The summed E-state index contributed by atoms with van der Waals surface area (Å²) in [5.74, 6) is 0.147. The summed E-state index contributed by atoms with van der Waals surface area (Å²) in [6, 6.07) is 8.21. The molecule has 3 heterocycles. The van der Waals surface area contributed by atoms with Crippen molar-refractivity contribution in [2.75, 3.05) is 52.9 Å². The van der Waals surface area contributed by atoms with E-state index in [0.717, 1.165) is 46.6 Å². The van der Waals surface area contributed by atoms with Crippen LogP contribution in [0.3, 0.4) is 0 Å². The molecular formula is C21H27N3O3S. The number of fused-ring (bicyclic) bond motifs is 1. The van der Waals surface area contributed by atoms with Crippen molar-refractivity contribution in [3.05, 3.63) is 34.7 Å². The number of rotatable bonds is 2. The van der Waals surface area contributed by atoms with Gasteiger partial charge in [0.15, 0.2) is 0 Å². The van der Waals surface area contributed by atoms with Gasteiger partial charge in [0, 0.05) is 56.5 Å². The highest BCUT2D eigenvalue weighted by molar-refractivity contribution is 7.21. The molecule has 1 aromatic carbocycles. The lowest BCUT2D eigenvalue weighted by Crippen LogP contribution is -2.38. The molecular weight excluding hydrogens is 374 g/mol. The molecule has 2 aliphatic heterocycles. The second-order valence-corrected chi connectivity index (χ2v) is 8.67. The van der Waals surface area contributed by atoms with E-state index in [4.69, 9.17) is 4.74 Å². The molecule has 0 spiro atoms. The zero-order chi connectivity index (χ0) is 19.7. The summed E-state index contributed by atoms with van der Waals surface area (Å²) in [6.45, 7) is 6.56. The number of nitrogens with zero attached hydrogens (tertiary/aromatic N) is 3. The van der Waals surface area contributed by atoms with Gasteiger partial charge in [0.05, 0.1) is 17.6 Å². The number of thiophene rings is 1. The van der Waals surface area contributed by atoms with E-state index in [0.29, 0.717) is 26.2 Å². The summed E-state index contributed by atoms with van der Waals surface area (Å²) in [5, 5.41) is 1.12. The number of benzene rings is 1. The number of carbonyl (C=O) groups excluding carboxylic acids is 2. The smallest absolute Gasteiger partial charge is 0.264 e. The summed E-state index contributed by atoms with van der Waals surface area (Å²) in [4.78, 5) is 32.0. The molecule has 6 nitrogen and oxygen atoms in total. The fourth-order valence-electron chi connectivity index (χ4n) is 4.08. The van der Waals surface area contributed by atoms with Crippen LogP contribution < -0.4 is 0 Å². The van der Waals surface area contributed by atoms with E-state index >= 15 is 0 Å². The first kappa shape index (κ1) is 19.4. The van der Waals surface area contributed by atoms with Crippen molar-refractivity contribution in [3.63, 3.8) is 0 Å². The molecule has 1 aromatic heterocycles. The standard InChI is InChI=1S/C21H27N3O3S/c1-15(25)23-8-5-9-24(11-10-23)21(26)20-19(17-14-22(2)12-13-27-17)16-6-3-4-7-18(16)28-20/h3-4,6-7,17H,5,8-14H2,1-2H3/t17-/m0/s1. The topological polar surface area (TPSA) is 53.1 Å². The van der Waals surface area contributed by atoms with Gasteiger partial charge in [-0.25, -0.2) is 0 Å². The third-order valence-electron chi connectivity index (χ3n) is 5.65. The summed E-state index contributed by atoms with van der Waals surface area (Å²) < 4.78 is 7.22. The maximum Gasteiger partial charge on any atom is 0.264 e. The van der Waals surface area contributed by atoms with Gasteiger partial charge in [-0.05, 0) is 24.9 Å². The van der Waals surface area contributed by atoms with E-state index in [-0.39, 0.29) is 17.9 Å². The SMILES string of the molecule is CC(=O)N1CCCN(C(=O)c2sc3ccccc3c2[C@@H]2CN(C)CCO2)CC1. The van der Waals surface area contributed by atoms with Crippen LogP contribution in [0.1, 0.15) is 34.7 Å². The number of hydrogen-bond donors (Lipinski definition) is 0. The fraction of sp³-hybridized carbons (Fsp3) is 0.524. The predicted octanol–water partition coefficient (Wildman–Crippen LogP) is 2.60. The quantitative estimate of drug-likeness (QED) is 0.776. The number of carbonyl (C=O) groups is 2. The number of ether oxygens (including phenoxy) is 1. The molecule has 0 aliphatic carbocycles. The predicted molar refractivity (Wildman–Crippen MR) is 111 cm³/mol. The molecule has 150 valence electrons. The molecule has 0 saturated carbocycles. The van der Waals surface area contributed by atoms with Crippen LogP contribution in [0.15, 0.2) is 24.3 Å². The van der Waals surface area contributed by atoms with E-state index in [9.17, 15) is 9.59 Å². The normalized spacial score (nSPS) is 21.7. The largest absolute Gasteiger partial charge is 0.371 e. The van der Waals surface area contributed by atoms with Crippen molar-refractivity contribution in [3.8, 4) is 0 Å². The molecule has 0 unspecified atom stereocenters. The minimum absolute atomic E-state index is 0.0680. The Morgan fingerprint density at radius 2 is 1.82 bits per heavy atom. The van der Waals surface area contributed by atoms with Crippen LogP contribution in [0.2, 0.25) is 0 Å². The lowest BCUT2D eigenvalue weighted by atomic mass is 10.0. The number of hydrogen-bond acceptors (Lipinski definition) is 5. The second-order valence-electron chi connectivity index (χ2n) is 7.61. The van der Waals surface area contributed by atoms with Crippen LogP contribution in [-0.2, 0) is 9.53 Å². The highest BCUT2D eigenvalue weighted by Gasteiger charge is 2.31. The molecule has 2 aliphatic rings. The van der Waals surface area contributed by atoms with Crippen molar-refractivity contribution in [2.45, 2.75) is 19.4 Å². The Bertz CT molecular complexity index is 881. The first-order chi connectivity index (χ1) is 13.5. The molecule has 0 bridgehead atoms. The zero-order valence-electron chi connectivity index (χ0n) is 16.5. The van der Waals surface area contributed by atoms with E-state index in [2.05, 4.69) is 24.1 Å². The minimum Gasteiger partial charge on any atom is -0.371 e. The maximum atomic E-state index is 13.5. The average molecular weight is 402 g/mol. The molecule has 1 atom stereocenters. The Hall–Kier alpha value is -1.96. The third kappa shape index (κ3) is 3.79. The van der Waals surface area contributed by atoms with E-state index in [1.165, 1.54) is 0 Å². The van der Waals surface area contributed by atoms with Crippen LogP contribution in [0.4, 0.5) is 0 Å². The highest BCUT2D eigenvalue weighted by atomic mass is 32.1. The van der Waals surface area contributed by atoms with Crippen molar-refractivity contribution in [1.82, 2.24) is 14.7 Å². The van der Waals surface area contributed by atoms with Gasteiger partial charge in [0.25, 0.3) is 5.91 Å². The molecule has 28 heavy (non-hydrogen) atoms. The first-order valence-corrected chi connectivity index (χ1v) is 10.7. The van der Waals surface area contributed by atoms with Crippen LogP contribution in [-0.4, -0.2) is 79.4 Å². The zero-order valence-corrected chi connectivity index (χ0v) is 17.3. The Morgan fingerprint density at radius 1 is 1.07 bits per heavy atom. The van der Waals surface area contributed by atoms with Crippen LogP contribution in [0, 0.1) is 0 Å². The second kappa shape index (κ2) is 8.19. The van der Waals surface area contributed by atoms with Gasteiger partial charge >= 0.3 is 0 Å². The molecule has 2 fully saturated rings. The maximum absolute atomic E-state index is 13.5. The summed E-state index contributed by atoms with van der Waals surface area (Å²) in [5.41, 5.74) is 1.03. The van der Waals surface area contributed by atoms with Gasteiger partial charge < -0.3 is 19.4 Å². The van der Waals surface area contributed by atoms with E-state index < -0.39 is 0 Å². The third-order valence-corrected chi connectivity index (χ3v) is 6.82. The van der Waals surface area contributed by atoms with Gasteiger partial charge in [0.1, 0.15) is 0 Å². The molecule has 2 amide bonds. The molecule has 2 aromatic rings. The van der Waals surface area contributed by atoms with Crippen molar-refractivity contribution >= 4 is 33.2 Å². The Labute approximate surface area is 169 Å². The lowest BCUT2D eigenvalue weighted by molar-refractivity contribution is -0.128. The number of morpholine rings is 1. The van der Waals surface area contributed by atoms with E-state index in [1.807, 2.05) is 21.9 Å². The van der Waals surface area contributed by atoms with Gasteiger partial charge in [-0.1, -0.05) is 18.2 Å². The van der Waals surface area contributed by atoms with E-state index in [1.54, 1.807) is 18.3 Å². The average Bonchev–Trinajstić information content (AvgIpc) is 2.89. The molecule has 0 N–H and O–H groups in total. The van der Waals surface area contributed by atoms with Gasteiger partial charge in [-0.15, -0.1) is 11.3 Å². The summed E-state index contributed by atoms with van der Waals surface area (Å²) in [6.07, 6.45) is 0.725. The summed E-state index contributed by atoms with van der Waals surface area (Å²) >= 11 is 1.56. The van der Waals surface area contributed by atoms with Crippen molar-refractivity contribution in [1.29, 1.82) is 0 Å². The van der Waals surface area contributed by atoms with Gasteiger partial charge in [-0.2, -0.15) is 0 Å². The van der Waals surface area contributed by atoms with Crippen molar-refractivity contribution < 1.29 is 14.3 Å². The Morgan fingerprint density at radius 3 is 2.61 bits per heavy atom. The summed E-state index contributed by atoms with van der Waals surface area (Å²) in [7, 11) is 2.09. The number of likely N-dealkylation sites (N-methyl/N-ethyl adjacent to an activating group) is 1. The minimum atomic E-state index is -0.0884. The van der Waals surface area contributed by atoms with Crippen LogP contribution >= 0.6 is 11.3 Å². The molecule has 2 saturated heterocycles. The van der Waals surface area contributed by atoms with Gasteiger partial charge in [-0.3, -0.25) is 9.59 Å². The fourth-order valence-corrected chi connectivity index (χ4v) is 5.30. The lowest BCUT2D eigenvalue weighted by Gasteiger charge is -2.31. The van der Waals surface area contributed by atoms with Gasteiger partial charge in [0.2, 0.25) is 5.91 Å². The Kier molecular flexibility index (Phi) is 5.66. The molecule has 4 rings (SSSR count). The van der Waals surface area contributed by atoms with Crippen molar-refractivity contribution in [2.24, 2.45) is 0 Å². The molecule has 7 heteroatoms. The molecule has 0 radical (unpaired) electrons. The Balaban J connectivity index is 1.67. The first-order valence-electron chi connectivity index (χ1n) is 9.91. The number of amides is 2. The highest BCUT2D eigenvalue weighted by Crippen LogP contribution is 2.38.